The maximum atomic E-state index is 13.6. The summed E-state index contributed by atoms with van der Waals surface area (Å²) in [6.07, 6.45) is 3.43. The zero-order chi connectivity index (χ0) is 26.2. The summed E-state index contributed by atoms with van der Waals surface area (Å²) in [5.41, 5.74) is 1.26. The summed E-state index contributed by atoms with van der Waals surface area (Å²) < 4.78 is 7.32. The van der Waals surface area contributed by atoms with E-state index in [1.165, 1.54) is 11.7 Å². The van der Waals surface area contributed by atoms with E-state index in [4.69, 9.17) is 16.3 Å². The Morgan fingerprint density at radius 3 is 2.51 bits per heavy atom. The molecule has 0 atom stereocenters. The van der Waals surface area contributed by atoms with E-state index < -0.39 is 22.8 Å². The molecule has 37 heavy (non-hydrogen) atoms. The van der Waals surface area contributed by atoms with Crippen LogP contribution < -0.4 is 16.7 Å². The van der Waals surface area contributed by atoms with Crippen LogP contribution in [0, 0.1) is 30.1 Å². The third kappa shape index (κ3) is 5.47. The summed E-state index contributed by atoms with van der Waals surface area (Å²) in [7, 11) is 1.31. The fourth-order valence-corrected chi connectivity index (χ4v) is 4.32. The number of aromatic nitrogens is 3. The number of halogens is 1. The average molecular weight is 519 g/mol. The van der Waals surface area contributed by atoms with Crippen molar-refractivity contribution in [1.82, 2.24) is 14.1 Å². The smallest absolute Gasteiger partial charge is 0.354 e. The van der Waals surface area contributed by atoms with Crippen molar-refractivity contribution < 1.29 is 9.53 Å². The Kier molecular flexibility index (Phi) is 6.65. The van der Waals surface area contributed by atoms with Gasteiger partial charge >= 0.3 is 17.3 Å². The molecule has 2 aliphatic rings. The lowest BCUT2D eigenvalue weighted by Crippen LogP contribution is -2.45. The third-order valence-electron chi connectivity index (χ3n) is 6.81. The number of nitrogens with zero attached hydrogens (tertiary/aromatic N) is 3. The fourth-order valence-electron chi connectivity index (χ4n) is 4.19. The van der Waals surface area contributed by atoms with E-state index in [0.29, 0.717) is 29.5 Å². The van der Waals surface area contributed by atoms with Crippen molar-refractivity contribution in [3.63, 3.8) is 0 Å². The monoisotopic (exact) mass is 518 g/mol. The molecule has 3 aromatic rings. The molecule has 0 saturated heterocycles. The van der Waals surface area contributed by atoms with E-state index in [9.17, 15) is 14.4 Å². The van der Waals surface area contributed by atoms with Crippen LogP contribution in [-0.4, -0.2) is 27.2 Å². The first-order chi connectivity index (χ1) is 17.8. The Morgan fingerprint density at radius 1 is 1.16 bits per heavy atom. The van der Waals surface area contributed by atoms with E-state index in [1.807, 2.05) is 37.3 Å². The molecule has 2 saturated carbocycles. The molecule has 8 nitrogen and oxygen atoms in total. The predicted octanol–water partition coefficient (Wildman–Crippen LogP) is 3.87. The van der Waals surface area contributed by atoms with Gasteiger partial charge in [0.25, 0.3) is 0 Å². The highest BCUT2D eigenvalue weighted by Gasteiger charge is 2.52. The average Bonchev–Trinajstić information content (AvgIpc) is 3.81. The first-order valence-corrected chi connectivity index (χ1v) is 12.6. The first-order valence-electron chi connectivity index (χ1n) is 12.2. The second kappa shape index (κ2) is 9.91. The number of carbonyl (C=O) groups is 1. The molecule has 0 aliphatic heterocycles. The molecular formula is C28H27ClN4O4. The zero-order valence-electron chi connectivity index (χ0n) is 20.7. The van der Waals surface area contributed by atoms with Crippen molar-refractivity contribution in [1.29, 1.82) is 0 Å². The summed E-state index contributed by atoms with van der Waals surface area (Å²) in [4.78, 5) is 43.1. The summed E-state index contributed by atoms with van der Waals surface area (Å²) in [5.74, 6) is 6.69. The summed E-state index contributed by atoms with van der Waals surface area (Å²) in [5, 5.41) is 3.72. The minimum absolute atomic E-state index is 0.0707. The Bertz CT molecular complexity index is 1540. The normalized spacial score (nSPS) is 15.4. The maximum absolute atomic E-state index is 13.6. The molecule has 1 N–H and O–H groups in total. The molecule has 0 spiro atoms. The molecule has 9 heteroatoms. The molecule has 190 valence electrons. The predicted molar refractivity (Wildman–Crippen MR) is 141 cm³/mol. The number of carbonyl (C=O) groups excluding carboxylic acids is 1. The minimum atomic E-state index is -0.860. The Labute approximate surface area is 219 Å². The van der Waals surface area contributed by atoms with Crippen LogP contribution in [0.4, 0.5) is 11.6 Å². The number of anilines is 2. The van der Waals surface area contributed by atoms with Gasteiger partial charge in [0.2, 0.25) is 5.95 Å². The van der Waals surface area contributed by atoms with Crippen molar-refractivity contribution in [2.24, 2.45) is 11.3 Å². The van der Waals surface area contributed by atoms with Gasteiger partial charge in [-0.15, -0.1) is 0 Å². The summed E-state index contributed by atoms with van der Waals surface area (Å²) in [6.45, 7) is 2.05. The highest BCUT2D eigenvalue weighted by Crippen LogP contribution is 2.47. The quantitative estimate of drug-likeness (QED) is 0.377. The van der Waals surface area contributed by atoms with Gasteiger partial charge in [0.05, 0.1) is 19.1 Å². The van der Waals surface area contributed by atoms with E-state index in [2.05, 4.69) is 22.1 Å². The number of hydrogen-bond acceptors (Lipinski definition) is 6. The number of aryl methyl sites for hydroxylation is 1. The van der Waals surface area contributed by atoms with Crippen molar-refractivity contribution in [3.05, 3.63) is 85.1 Å². The summed E-state index contributed by atoms with van der Waals surface area (Å²) in [6, 6.07) is 12.8. The lowest BCUT2D eigenvalue weighted by Gasteiger charge is -2.18. The van der Waals surface area contributed by atoms with Gasteiger partial charge in [0, 0.05) is 28.7 Å². The van der Waals surface area contributed by atoms with Crippen LogP contribution in [0.25, 0.3) is 0 Å². The number of hydrogen-bond donors (Lipinski definition) is 1. The number of benzene rings is 2. The topological polar surface area (TPSA) is 95.2 Å². The van der Waals surface area contributed by atoms with Crippen molar-refractivity contribution >= 4 is 29.2 Å². The molecular weight excluding hydrogens is 492 g/mol. The minimum Gasteiger partial charge on any atom is -0.469 e. The number of nitrogens with one attached hydrogen (secondary N) is 1. The van der Waals surface area contributed by atoms with Crippen LogP contribution in [0.3, 0.4) is 0 Å². The Hall–Kier alpha value is -3.83. The molecule has 2 aromatic carbocycles. The van der Waals surface area contributed by atoms with Crippen LogP contribution in [0.2, 0.25) is 5.02 Å². The largest absolute Gasteiger partial charge is 0.469 e. The van der Waals surface area contributed by atoms with Crippen LogP contribution in [-0.2, 0) is 22.6 Å². The SMILES string of the molecule is COC(=O)C1(Cn2c(=O)nc(Nc3ccc(C#CC4CC4)c(C)c3)n(Cc3ccc(Cl)cc3)c2=O)CC1. The third-order valence-corrected chi connectivity index (χ3v) is 7.06. The molecule has 2 fully saturated rings. The molecule has 0 unspecified atom stereocenters. The summed E-state index contributed by atoms with van der Waals surface area (Å²) >= 11 is 6.03. The van der Waals surface area contributed by atoms with Gasteiger partial charge < -0.3 is 10.1 Å². The molecule has 1 heterocycles. The maximum Gasteiger partial charge on any atom is 0.354 e. The number of esters is 1. The number of methoxy groups -OCH3 is 1. The van der Waals surface area contributed by atoms with E-state index in [1.54, 1.807) is 12.1 Å². The molecule has 0 radical (unpaired) electrons. The van der Waals surface area contributed by atoms with E-state index in [-0.39, 0.29) is 19.0 Å². The number of rotatable bonds is 7. The van der Waals surface area contributed by atoms with E-state index in [0.717, 1.165) is 34.1 Å². The number of ether oxygens (including phenoxy) is 1. The van der Waals surface area contributed by atoms with Crippen LogP contribution in [0.1, 0.15) is 42.4 Å². The van der Waals surface area contributed by atoms with Gasteiger partial charge in [-0.3, -0.25) is 9.36 Å². The van der Waals surface area contributed by atoms with Crippen molar-refractivity contribution in [2.45, 2.75) is 45.7 Å². The molecule has 1 aromatic heterocycles. The van der Waals surface area contributed by atoms with Gasteiger partial charge in [-0.1, -0.05) is 35.6 Å². The second-order valence-corrected chi connectivity index (χ2v) is 10.2. The van der Waals surface area contributed by atoms with Gasteiger partial charge in [0.15, 0.2) is 0 Å². The van der Waals surface area contributed by atoms with Crippen LogP contribution >= 0.6 is 11.6 Å². The van der Waals surface area contributed by atoms with Gasteiger partial charge in [-0.2, -0.15) is 4.98 Å². The van der Waals surface area contributed by atoms with Gasteiger partial charge in [-0.05, 0) is 74.1 Å². The van der Waals surface area contributed by atoms with Gasteiger partial charge in [0.1, 0.15) is 0 Å². The van der Waals surface area contributed by atoms with Crippen molar-refractivity contribution in [3.8, 4) is 11.8 Å². The molecule has 0 amide bonds. The zero-order valence-corrected chi connectivity index (χ0v) is 21.5. The fraction of sp³-hybridized carbons (Fsp3) is 0.357. The molecule has 0 bridgehead atoms. The van der Waals surface area contributed by atoms with Crippen LogP contribution in [0.15, 0.2) is 52.1 Å². The lowest BCUT2D eigenvalue weighted by molar-refractivity contribution is -0.147. The Balaban J connectivity index is 1.51. The second-order valence-electron chi connectivity index (χ2n) is 9.77. The first kappa shape index (κ1) is 24.8. The van der Waals surface area contributed by atoms with Crippen molar-refractivity contribution in [2.75, 3.05) is 12.4 Å². The highest BCUT2D eigenvalue weighted by molar-refractivity contribution is 6.30. The standard InChI is InChI=1S/C28H27ClN4O4/c1-18-15-23(12-9-21(18)8-5-19-3-4-19)30-25-31-26(35)33(17-28(13-14-28)24(34)37-2)27(36)32(25)16-20-6-10-22(29)11-7-20/h6-7,9-12,15,19H,3-4,13-14,16-17H2,1-2H3,(H,30,31,35). The molecule has 5 rings (SSSR count). The van der Waals surface area contributed by atoms with Crippen LogP contribution in [0.5, 0.6) is 0 Å². The molecule has 2 aliphatic carbocycles. The van der Waals surface area contributed by atoms with E-state index >= 15 is 0 Å². The highest BCUT2D eigenvalue weighted by atomic mass is 35.5. The van der Waals surface area contributed by atoms with Gasteiger partial charge in [-0.25, -0.2) is 14.2 Å². The Morgan fingerprint density at radius 2 is 1.89 bits per heavy atom. The lowest BCUT2D eigenvalue weighted by atomic mass is 10.1.